The van der Waals surface area contributed by atoms with Crippen LogP contribution in [0.2, 0.25) is 5.02 Å². The van der Waals surface area contributed by atoms with Gasteiger partial charge in [-0.1, -0.05) is 41.9 Å². The molecule has 0 unspecified atom stereocenters. The molecule has 2 heterocycles. The molecule has 8 nitrogen and oxygen atoms in total. The molecule has 0 saturated heterocycles. The topological polar surface area (TPSA) is 101 Å². The Hall–Kier alpha value is -3.65. The van der Waals surface area contributed by atoms with Crippen molar-refractivity contribution in [2.45, 2.75) is 6.42 Å². The largest absolute Gasteiger partial charge is 0.495 e. The number of carbonyl (C=O) groups excluding carboxylic acids is 1. The molecular weight excluding hydrogens is 394 g/mol. The second-order valence-corrected chi connectivity index (χ2v) is 6.64. The maximum absolute atomic E-state index is 12.5. The minimum atomic E-state index is -0.384. The van der Waals surface area contributed by atoms with Gasteiger partial charge in [-0.25, -0.2) is 9.61 Å². The van der Waals surface area contributed by atoms with Crippen LogP contribution in [-0.2, 0) is 11.2 Å². The predicted octanol–water partition coefficient (Wildman–Crippen LogP) is 2.93. The van der Waals surface area contributed by atoms with Crippen LogP contribution in [0.3, 0.4) is 0 Å². The molecular formula is C20H16ClN5O3. The molecule has 0 atom stereocenters. The van der Waals surface area contributed by atoms with E-state index in [1.807, 2.05) is 30.3 Å². The van der Waals surface area contributed by atoms with Gasteiger partial charge in [0.25, 0.3) is 5.56 Å². The van der Waals surface area contributed by atoms with Crippen molar-refractivity contribution in [3.63, 3.8) is 0 Å². The summed E-state index contributed by atoms with van der Waals surface area (Å²) in [7, 11) is 1.51. The van der Waals surface area contributed by atoms with Crippen LogP contribution in [0.15, 0.2) is 59.4 Å². The van der Waals surface area contributed by atoms with Crippen molar-refractivity contribution >= 4 is 28.7 Å². The third kappa shape index (κ3) is 3.83. The van der Waals surface area contributed by atoms with Crippen LogP contribution in [0.4, 0.5) is 5.69 Å². The van der Waals surface area contributed by atoms with E-state index in [0.717, 1.165) is 5.56 Å². The van der Waals surface area contributed by atoms with Crippen LogP contribution < -0.4 is 15.6 Å². The molecule has 9 heteroatoms. The Morgan fingerprint density at radius 1 is 1.21 bits per heavy atom. The van der Waals surface area contributed by atoms with E-state index in [2.05, 4.69) is 20.6 Å². The van der Waals surface area contributed by atoms with Gasteiger partial charge in [-0.2, -0.15) is 10.2 Å². The number of anilines is 1. The number of rotatable bonds is 5. The fourth-order valence-electron chi connectivity index (χ4n) is 2.92. The van der Waals surface area contributed by atoms with Gasteiger partial charge < -0.3 is 10.1 Å². The lowest BCUT2D eigenvalue weighted by atomic mass is 10.1. The van der Waals surface area contributed by atoms with Crippen molar-refractivity contribution < 1.29 is 9.53 Å². The fraction of sp³-hybridized carbons (Fsp3) is 0.100. The van der Waals surface area contributed by atoms with Gasteiger partial charge in [-0.05, 0) is 24.3 Å². The molecule has 0 aliphatic rings. The van der Waals surface area contributed by atoms with Gasteiger partial charge in [0.1, 0.15) is 11.3 Å². The van der Waals surface area contributed by atoms with E-state index < -0.39 is 0 Å². The van der Waals surface area contributed by atoms with E-state index in [9.17, 15) is 9.59 Å². The highest BCUT2D eigenvalue weighted by Crippen LogP contribution is 2.27. The van der Waals surface area contributed by atoms with E-state index in [1.54, 1.807) is 24.3 Å². The van der Waals surface area contributed by atoms with Gasteiger partial charge in [0.05, 0.1) is 24.2 Å². The number of methoxy groups -OCH3 is 1. The standard InChI is InChI=1S/C20H16ClN5O3/c1-29-17-8-7-13(9-14(17)21)22-19(27)11-18-23-24-20(28)16-10-15(25-26(16)18)12-5-3-2-4-6-12/h2-10H,11H2,1H3,(H,22,27)(H,24,28). The molecule has 4 aromatic rings. The molecule has 0 fully saturated rings. The van der Waals surface area contributed by atoms with Gasteiger partial charge in [-0.3, -0.25) is 9.59 Å². The molecule has 4 rings (SSSR count). The molecule has 0 aliphatic heterocycles. The summed E-state index contributed by atoms with van der Waals surface area (Å²) < 4.78 is 6.49. The third-order valence-corrected chi connectivity index (χ3v) is 4.59. The van der Waals surface area contributed by atoms with Crippen molar-refractivity contribution in [1.82, 2.24) is 19.8 Å². The molecule has 146 valence electrons. The minimum absolute atomic E-state index is 0.0904. The zero-order chi connectivity index (χ0) is 20.4. The first-order chi connectivity index (χ1) is 14.0. The second kappa shape index (κ2) is 7.76. The van der Waals surface area contributed by atoms with E-state index in [0.29, 0.717) is 33.5 Å². The number of aromatic amines is 1. The molecule has 2 aromatic carbocycles. The van der Waals surface area contributed by atoms with Crippen molar-refractivity contribution in [3.05, 3.63) is 75.8 Å². The molecule has 0 saturated carbocycles. The van der Waals surface area contributed by atoms with Crippen LogP contribution in [-0.4, -0.2) is 32.8 Å². The molecule has 29 heavy (non-hydrogen) atoms. The molecule has 1 amide bonds. The number of carbonyl (C=O) groups is 1. The minimum Gasteiger partial charge on any atom is -0.495 e. The highest BCUT2D eigenvalue weighted by molar-refractivity contribution is 6.32. The molecule has 0 aliphatic carbocycles. The number of nitrogens with zero attached hydrogens (tertiary/aromatic N) is 3. The van der Waals surface area contributed by atoms with Crippen LogP contribution in [0.1, 0.15) is 5.82 Å². The number of aromatic nitrogens is 4. The lowest BCUT2D eigenvalue weighted by Gasteiger charge is -2.08. The average molecular weight is 410 g/mol. The van der Waals surface area contributed by atoms with Gasteiger partial charge >= 0.3 is 0 Å². The number of benzene rings is 2. The molecule has 0 radical (unpaired) electrons. The maximum atomic E-state index is 12.5. The normalized spacial score (nSPS) is 10.8. The smallest absolute Gasteiger partial charge is 0.290 e. The number of fused-ring (bicyclic) bond motifs is 1. The molecule has 2 aromatic heterocycles. The van der Waals surface area contributed by atoms with Gasteiger partial charge in [0.15, 0.2) is 5.82 Å². The lowest BCUT2D eigenvalue weighted by molar-refractivity contribution is -0.115. The summed E-state index contributed by atoms with van der Waals surface area (Å²) in [6.07, 6.45) is -0.0904. The lowest BCUT2D eigenvalue weighted by Crippen LogP contribution is -2.22. The number of hydrogen-bond acceptors (Lipinski definition) is 5. The number of hydrogen-bond donors (Lipinski definition) is 2. The average Bonchev–Trinajstić information content (AvgIpc) is 3.18. The van der Waals surface area contributed by atoms with Gasteiger partial charge in [0, 0.05) is 11.3 Å². The van der Waals surface area contributed by atoms with Crippen LogP contribution >= 0.6 is 11.6 Å². The first kappa shape index (κ1) is 18.7. The highest BCUT2D eigenvalue weighted by atomic mass is 35.5. The van der Waals surface area contributed by atoms with E-state index in [1.165, 1.54) is 11.6 Å². The first-order valence-electron chi connectivity index (χ1n) is 8.71. The third-order valence-electron chi connectivity index (χ3n) is 4.30. The molecule has 0 spiro atoms. The Morgan fingerprint density at radius 3 is 2.72 bits per heavy atom. The van der Waals surface area contributed by atoms with E-state index in [-0.39, 0.29) is 17.9 Å². The van der Waals surface area contributed by atoms with Crippen LogP contribution in [0.5, 0.6) is 5.75 Å². The number of ether oxygens (including phenoxy) is 1. The van der Waals surface area contributed by atoms with Crippen molar-refractivity contribution in [2.24, 2.45) is 0 Å². The number of amides is 1. The van der Waals surface area contributed by atoms with Gasteiger partial charge in [-0.15, -0.1) is 0 Å². The maximum Gasteiger partial charge on any atom is 0.290 e. The fourth-order valence-corrected chi connectivity index (χ4v) is 3.17. The molecule has 0 bridgehead atoms. The SMILES string of the molecule is COc1ccc(NC(=O)Cc2n[nH]c(=O)c3cc(-c4ccccc4)nn23)cc1Cl. The predicted molar refractivity (Wildman–Crippen MR) is 109 cm³/mol. The monoisotopic (exact) mass is 409 g/mol. The molecule has 2 N–H and O–H groups in total. The second-order valence-electron chi connectivity index (χ2n) is 6.24. The van der Waals surface area contributed by atoms with Crippen molar-refractivity contribution in [3.8, 4) is 17.0 Å². The van der Waals surface area contributed by atoms with E-state index in [4.69, 9.17) is 16.3 Å². The Balaban J connectivity index is 1.61. The first-order valence-corrected chi connectivity index (χ1v) is 9.09. The number of H-pyrrole nitrogens is 1. The van der Waals surface area contributed by atoms with Crippen molar-refractivity contribution in [2.75, 3.05) is 12.4 Å². The summed E-state index contributed by atoms with van der Waals surface area (Å²) >= 11 is 6.09. The van der Waals surface area contributed by atoms with Crippen LogP contribution in [0, 0.1) is 0 Å². The summed E-state index contributed by atoms with van der Waals surface area (Å²) in [4.78, 5) is 24.6. The quantitative estimate of drug-likeness (QED) is 0.527. The summed E-state index contributed by atoms with van der Waals surface area (Å²) in [5.74, 6) is 0.487. The van der Waals surface area contributed by atoms with Gasteiger partial charge in [0.2, 0.25) is 5.91 Å². The Morgan fingerprint density at radius 2 is 2.00 bits per heavy atom. The van der Waals surface area contributed by atoms with E-state index >= 15 is 0 Å². The Labute approximate surface area is 170 Å². The summed E-state index contributed by atoms with van der Waals surface area (Å²) in [6, 6.07) is 16.1. The highest BCUT2D eigenvalue weighted by Gasteiger charge is 2.15. The summed E-state index contributed by atoms with van der Waals surface area (Å²) in [6.45, 7) is 0. The zero-order valence-corrected chi connectivity index (χ0v) is 16.1. The Kier molecular flexibility index (Phi) is 5.01. The number of nitrogens with one attached hydrogen (secondary N) is 2. The summed E-state index contributed by atoms with van der Waals surface area (Å²) in [5.41, 5.74) is 1.93. The van der Waals surface area contributed by atoms with Crippen LogP contribution in [0.25, 0.3) is 16.8 Å². The zero-order valence-electron chi connectivity index (χ0n) is 15.3. The summed E-state index contributed by atoms with van der Waals surface area (Å²) in [5, 5.41) is 14.0. The number of halogens is 1. The Bertz CT molecular complexity index is 1250. The van der Waals surface area contributed by atoms with Crippen molar-refractivity contribution in [1.29, 1.82) is 0 Å².